The fourth-order valence-electron chi connectivity index (χ4n) is 1.81. The summed E-state index contributed by atoms with van der Waals surface area (Å²) < 4.78 is 0. The number of phenolic OH excluding ortho intramolecular Hbond substituents is 2. The number of hydrogen-bond acceptors (Lipinski definition) is 5. The van der Waals surface area contributed by atoms with Gasteiger partial charge in [-0.25, -0.2) is 0 Å². The van der Waals surface area contributed by atoms with E-state index >= 15 is 0 Å². The molecular formula is C15H14O5. The average molecular weight is 274 g/mol. The van der Waals surface area contributed by atoms with E-state index in [1.165, 1.54) is 42.5 Å². The molecule has 1 aromatic rings. The zero-order valence-electron chi connectivity index (χ0n) is 10.5. The van der Waals surface area contributed by atoms with Gasteiger partial charge in [0, 0.05) is 6.42 Å². The molecule has 1 aliphatic rings. The second-order valence-corrected chi connectivity index (χ2v) is 4.44. The van der Waals surface area contributed by atoms with Gasteiger partial charge >= 0.3 is 0 Å². The van der Waals surface area contributed by atoms with Crippen LogP contribution in [0.2, 0.25) is 0 Å². The molecule has 5 nitrogen and oxygen atoms in total. The van der Waals surface area contributed by atoms with Gasteiger partial charge in [0.05, 0.1) is 11.7 Å². The zero-order valence-corrected chi connectivity index (χ0v) is 10.5. The van der Waals surface area contributed by atoms with Gasteiger partial charge in [0.2, 0.25) is 0 Å². The largest absolute Gasteiger partial charge is 0.511 e. The maximum Gasteiger partial charge on any atom is 0.189 e. The minimum absolute atomic E-state index is 0.0193. The van der Waals surface area contributed by atoms with Crippen molar-refractivity contribution in [2.75, 3.05) is 0 Å². The highest BCUT2D eigenvalue weighted by Crippen LogP contribution is 2.25. The second-order valence-electron chi connectivity index (χ2n) is 4.44. The van der Waals surface area contributed by atoms with Gasteiger partial charge in [-0.1, -0.05) is 18.2 Å². The van der Waals surface area contributed by atoms with E-state index in [9.17, 15) is 25.2 Å². The fourth-order valence-corrected chi connectivity index (χ4v) is 1.81. The van der Waals surface area contributed by atoms with E-state index < -0.39 is 11.9 Å². The topological polar surface area (TPSA) is 98.0 Å². The van der Waals surface area contributed by atoms with Crippen molar-refractivity contribution < 1.29 is 25.2 Å². The molecule has 0 aliphatic heterocycles. The predicted molar refractivity (Wildman–Crippen MR) is 73.2 cm³/mol. The molecule has 1 atom stereocenters. The van der Waals surface area contributed by atoms with E-state index in [1.54, 1.807) is 0 Å². The molecule has 1 unspecified atom stereocenters. The molecule has 0 heterocycles. The zero-order chi connectivity index (χ0) is 14.7. The van der Waals surface area contributed by atoms with Gasteiger partial charge in [-0.2, -0.15) is 0 Å². The van der Waals surface area contributed by atoms with E-state index in [4.69, 9.17) is 0 Å². The summed E-state index contributed by atoms with van der Waals surface area (Å²) in [5.74, 6) is -1.07. The number of aromatic hydroxyl groups is 2. The average Bonchev–Trinajstić information content (AvgIpc) is 2.40. The minimum Gasteiger partial charge on any atom is -0.511 e. The van der Waals surface area contributed by atoms with Crippen molar-refractivity contribution >= 4 is 11.9 Å². The van der Waals surface area contributed by atoms with Crippen LogP contribution < -0.4 is 0 Å². The van der Waals surface area contributed by atoms with Crippen molar-refractivity contribution in [1.29, 1.82) is 0 Å². The minimum atomic E-state index is -0.774. The van der Waals surface area contributed by atoms with Crippen LogP contribution in [0, 0.1) is 0 Å². The van der Waals surface area contributed by atoms with Gasteiger partial charge in [-0.15, -0.1) is 0 Å². The molecule has 0 fully saturated rings. The molecule has 0 saturated heterocycles. The Kier molecular flexibility index (Phi) is 3.91. The monoisotopic (exact) mass is 274 g/mol. The Morgan fingerprint density at radius 3 is 2.60 bits per heavy atom. The van der Waals surface area contributed by atoms with Crippen LogP contribution in [0.5, 0.6) is 11.5 Å². The standard InChI is InChI=1S/C15H14O5/c16-10-3-4-11(14(19)8-10)12(17)5-1-9-2-6-13(18)15(20)7-9/h1-7,10,16,18-20H,8H2/b5-1+. The first-order chi connectivity index (χ1) is 9.47. The van der Waals surface area contributed by atoms with Gasteiger partial charge in [-0.3, -0.25) is 4.79 Å². The predicted octanol–water partition coefficient (Wildman–Crippen LogP) is 1.81. The van der Waals surface area contributed by atoms with Crippen molar-refractivity contribution in [3.63, 3.8) is 0 Å². The lowest BCUT2D eigenvalue weighted by Gasteiger charge is -2.12. The van der Waals surface area contributed by atoms with E-state index in [0.717, 1.165) is 0 Å². The molecule has 0 spiro atoms. The lowest BCUT2D eigenvalue weighted by molar-refractivity contribution is -0.111. The molecule has 0 radical (unpaired) electrons. The number of aliphatic hydroxyl groups excluding tert-OH is 2. The molecule has 1 aliphatic carbocycles. The summed E-state index contributed by atoms with van der Waals surface area (Å²) in [7, 11) is 0. The molecule has 5 heteroatoms. The lowest BCUT2D eigenvalue weighted by Crippen LogP contribution is -2.13. The first kappa shape index (κ1) is 13.9. The quantitative estimate of drug-likeness (QED) is 0.498. The molecule has 2 rings (SSSR count). The van der Waals surface area contributed by atoms with Gasteiger partial charge in [0.15, 0.2) is 17.3 Å². The van der Waals surface area contributed by atoms with Crippen molar-refractivity contribution in [1.82, 2.24) is 0 Å². The summed E-state index contributed by atoms with van der Waals surface area (Å²) >= 11 is 0. The molecule has 0 bridgehead atoms. The first-order valence-corrected chi connectivity index (χ1v) is 6.00. The molecule has 4 N–H and O–H groups in total. The molecule has 1 aromatic carbocycles. The van der Waals surface area contributed by atoms with E-state index in [-0.39, 0.29) is 29.3 Å². The van der Waals surface area contributed by atoms with Gasteiger partial charge in [0.1, 0.15) is 5.76 Å². The molecular weight excluding hydrogens is 260 g/mol. The van der Waals surface area contributed by atoms with Crippen molar-refractivity contribution in [3.8, 4) is 11.5 Å². The summed E-state index contributed by atoms with van der Waals surface area (Å²) in [4.78, 5) is 11.9. The first-order valence-electron chi connectivity index (χ1n) is 6.00. The van der Waals surface area contributed by atoms with Crippen molar-refractivity contribution in [3.05, 3.63) is 53.3 Å². The van der Waals surface area contributed by atoms with Crippen LogP contribution in [0.3, 0.4) is 0 Å². The highest BCUT2D eigenvalue weighted by atomic mass is 16.3. The Morgan fingerprint density at radius 2 is 1.95 bits per heavy atom. The normalized spacial score (nSPS) is 18.8. The number of allylic oxidation sites excluding steroid dienone is 3. The number of phenols is 2. The summed E-state index contributed by atoms with van der Waals surface area (Å²) in [6.45, 7) is 0. The summed E-state index contributed by atoms with van der Waals surface area (Å²) in [6.07, 6.45) is 4.77. The maximum atomic E-state index is 11.9. The van der Waals surface area contributed by atoms with Crippen LogP contribution in [0.15, 0.2) is 47.8 Å². The summed E-state index contributed by atoms with van der Waals surface area (Å²) in [6, 6.07) is 4.16. The second kappa shape index (κ2) is 5.63. The third kappa shape index (κ3) is 3.07. The highest BCUT2D eigenvalue weighted by molar-refractivity contribution is 6.08. The van der Waals surface area contributed by atoms with E-state index in [0.29, 0.717) is 5.56 Å². The molecule has 20 heavy (non-hydrogen) atoms. The van der Waals surface area contributed by atoms with Gasteiger partial charge < -0.3 is 20.4 Å². The number of carbonyl (C=O) groups excluding carboxylic acids is 1. The highest BCUT2D eigenvalue weighted by Gasteiger charge is 2.17. The summed E-state index contributed by atoms with van der Waals surface area (Å²) in [5, 5.41) is 37.4. The number of carbonyl (C=O) groups is 1. The van der Waals surface area contributed by atoms with Crippen LogP contribution in [-0.4, -0.2) is 32.3 Å². The molecule has 0 amide bonds. The molecule has 0 aromatic heterocycles. The molecule has 104 valence electrons. The summed E-state index contributed by atoms with van der Waals surface area (Å²) in [5.41, 5.74) is 0.670. The Bertz CT molecular complexity index is 625. The van der Waals surface area contributed by atoms with Crippen LogP contribution >= 0.6 is 0 Å². The number of aliphatic hydroxyl groups is 2. The van der Waals surface area contributed by atoms with E-state index in [1.807, 2.05) is 0 Å². The van der Waals surface area contributed by atoms with Crippen molar-refractivity contribution in [2.24, 2.45) is 0 Å². The Hall–Kier alpha value is -2.53. The van der Waals surface area contributed by atoms with Crippen LogP contribution in [0.25, 0.3) is 6.08 Å². The third-order valence-electron chi connectivity index (χ3n) is 2.89. The number of ketones is 1. The fraction of sp³-hybridized carbons (Fsp3) is 0.133. The van der Waals surface area contributed by atoms with Crippen LogP contribution in [0.1, 0.15) is 12.0 Å². The van der Waals surface area contributed by atoms with Gasteiger partial charge in [0.25, 0.3) is 0 Å². The number of benzene rings is 1. The van der Waals surface area contributed by atoms with Crippen molar-refractivity contribution in [2.45, 2.75) is 12.5 Å². The van der Waals surface area contributed by atoms with Gasteiger partial charge in [-0.05, 0) is 29.8 Å². The molecule has 0 saturated carbocycles. The van der Waals surface area contributed by atoms with Crippen LogP contribution in [-0.2, 0) is 4.79 Å². The third-order valence-corrected chi connectivity index (χ3v) is 2.89. The number of hydrogen-bond donors (Lipinski definition) is 4. The number of rotatable bonds is 3. The van der Waals surface area contributed by atoms with E-state index in [2.05, 4.69) is 0 Å². The Morgan fingerprint density at radius 1 is 1.20 bits per heavy atom. The Balaban J connectivity index is 2.15. The van der Waals surface area contributed by atoms with Crippen LogP contribution in [0.4, 0.5) is 0 Å². The lowest BCUT2D eigenvalue weighted by atomic mass is 9.99. The SMILES string of the molecule is O=C(/C=C/c1ccc(O)c(O)c1)C1=C(O)CC(O)C=C1. The maximum absolute atomic E-state index is 11.9. The smallest absolute Gasteiger partial charge is 0.189 e. The Labute approximate surface area is 115 Å².